The Morgan fingerprint density at radius 1 is 0.923 bits per heavy atom. The van der Waals surface area contributed by atoms with Gasteiger partial charge < -0.3 is 23.1 Å². The van der Waals surface area contributed by atoms with Crippen molar-refractivity contribution in [2.75, 3.05) is 6.61 Å². The van der Waals surface area contributed by atoms with Crippen LogP contribution < -0.4 is 4.74 Å². The second-order valence-electron chi connectivity index (χ2n) is 19.0. The maximum absolute atomic E-state index is 14.2. The summed E-state index contributed by atoms with van der Waals surface area (Å²) in [7, 11) is -4.23. The van der Waals surface area contributed by atoms with Crippen LogP contribution in [-0.2, 0) is 27.9 Å². The maximum atomic E-state index is 14.2. The summed E-state index contributed by atoms with van der Waals surface area (Å²) in [5, 5.41) is 0.0803. The van der Waals surface area contributed by atoms with Crippen molar-refractivity contribution < 1.29 is 32.7 Å². The molecule has 1 aromatic rings. The Balaban J connectivity index is 1.64. The lowest BCUT2D eigenvalue weighted by Crippen LogP contribution is -2.50. The molecule has 2 aliphatic carbocycles. The number of cyclic esters (lactones) is 1. The third kappa shape index (κ3) is 9.71. The van der Waals surface area contributed by atoms with Crippen molar-refractivity contribution in [1.29, 1.82) is 0 Å². The lowest BCUT2D eigenvalue weighted by Gasteiger charge is -2.46. The van der Waals surface area contributed by atoms with Crippen molar-refractivity contribution in [3.8, 4) is 5.75 Å². The normalized spacial score (nSPS) is 27.7. The first kappa shape index (κ1) is 42.5. The molecule has 7 nitrogen and oxygen atoms in total. The third-order valence-electron chi connectivity index (χ3n) is 12.8. The molecule has 1 saturated heterocycles. The number of hydrogen-bond donors (Lipinski definition) is 0. The van der Waals surface area contributed by atoms with Crippen LogP contribution in [0.1, 0.15) is 104 Å². The summed E-state index contributed by atoms with van der Waals surface area (Å²) in [6.07, 6.45) is 8.63. The number of benzene rings is 1. The zero-order valence-corrected chi connectivity index (χ0v) is 37.1. The summed E-state index contributed by atoms with van der Waals surface area (Å²) >= 11 is 0. The standard InChI is InChI=1S/C43H70O7Si2/c1-16-35(47-39-29(4)23-27(2)24-30(39)5)41(45)48-37-26-32(49-51(12,13)42(6,7)8)25-31-18-17-28(3)33(38(31)37)19-20-34-36(21-22-46-40(34)44)50-52(14,15)43(9,10)11/h17-18,23-25,28,32-38H,16,19-22,26H2,1-15H3/t28-,32+,33-,34?,35?,36?,37-,38-/m0/s1. The van der Waals surface area contributed by atoms with Gasteiger partial charge in [0.1, 0.15) is 11.9 Å². The van der Waals surface area contributed by atoms with Gasteiger partial charge in [-0.25, -0.2) is 4.79 Å². The van der Waals surface area contributed by atoms with Gasteiger partial charge in [0.25, 0.3) is 0 Å². The third-order valence-corrected chi connectivity index (χ3v) is 21.8. The number of carbonyl (C=O) groups is 2. The second-order valence-corrected chi connectivity index (χ2v) is 28.5. The molecule has 292 valence electrons. The van der Waals surface area contributed by atoms with E-state index in [4.69, 9.17) is 23.1 Å². The van der Waals surface area contributed by atoms with Crippen LogP contribution in [0.5, 0.6) is 5.75 Å². The Hall–Kier alpha value is -2.21. The second kappa shape index (κ2) is 16.3. The Morgan fingerprint density at radius 3 is 2.10 bits per heavy atom. The molecule has 8 atom stereocenters. The smallest absolute Gasteiger partial charge is 0.347 e. The summed E-state index contributed by atoms with van der Waals surface area (Å²) in [5.41, 5.74) is 4.35. The van der Waals surface area contributed by atoms with E-state index in [-0.39, 0.29) is 57.9 Å². The molecule has 0 saturated carbocycles. The van der Waals surface area contributed by atoms with E-state index in [0.717, 1.165) is 40.9 Å². The van der Waals surface area contributed by atoms with Gasteiger partial charge in [-0.2, -0.15) is 0 Å². The fourth-order valence-electron chi connectivity index (χ4n) is 7.73. The SMILES string of the molecule is CCC(Oc1c(C)cc(C)cc1C)C(=O)O[C@H]1C[C@H](O[Si](C)(C)C(C)(C)C)C=C2C=C[C@H](C)[C@H](CCC3C(=O)OCCC3O[Si](C)(C)C(C)(C)C)[C@H]21. The van der Waals surface area contributed by atoms with Gasteiger partial charge in [-0.3, -0.25) is 4.79 Å². The number of carbonyl (C=O) groups excluding carboxylic acids is 2. The Kier molecular flexibility index (Phi) is 13.3. The first-order valence-electron chi connectivity index (χ1n) is 19.8. The molecule has 0 radical (unpaired) electrons. The summed E-state index contributed by atoms with van der Waals surface area (Å²) in [5.74, 6) is 0.321. The zero-order valence-electron chi connectivity index (χ0n) is 35.1. The quantitative estimate of drug-likeness (QED) is 0.155. The van der Waals surface area contributed by atoms with Gasteiger partial charge in [0, 0.05) is 18.8 Å². The summed E-state index contributed by atoms with van der Waals surface area (Å²) in [6.45, 7) is 33.3. The summed E-state index contributed by atoms with van der Waals surface area (Å²) in [4.78, 5) is 27.5. The highest BCUT2D eigenvalue weighted by Gasteiger charge is 2.48. The van der Waals surface area contributed by atoms with Crippen LogP contribution in [0.4, 0.5) is 0 Å². The molecule has 0 spiro atoms. The predicted octanol–water partition coefficient (Wildman–Crippen LogP) is 10.6. The Morgan fingerprint density at radius 2 is 1.52 bits per heavy atom. The fourth-order valence-corrected chi connectivity index (χ4v) is 10.4. The van der Waals surface area contributed by atoms with Crippen molar-refractivity contribution >= 4 is 28.6 Å². The van der Waals surface area contributed by atoms with Crippen molar-refractivity contribution in [3.63, 3.8) is 0 Å². The van der Waals surface area contributed by atoms with Gasteiger partial charge in [-0.15, -0.1) is 0 Å². The van der Waals surface area contributed by atoms with E-state index in [1.165, 1.54) is 0 Å². The van der Waals surface area contributed by atoms with E-state index in [2.05, 4.69) is 112 Å². The molecule has 0 N–H and O–H groups in total. The number of hydrogen-bond acceptors (Lipinski definition) is 7. The highest BCUT2D eigenvalue weighted by atomic mass is 28.4. The van der Waals surface area contributed by atoms with Crippen molar-refractivity contribution in [1.82, 2.24) is 0 Å². The molecule has 0 aromatic heterocycles. The molecule has 1 aromatic carbocycles. The first-order valence-corrected chi connectivity index (χ1v) is 25.6. The van der Waals surface area contributed by atoms with Crippen LogP contribution in [0, 0.1) is 44.4 Å². The predicted molar refractivity (Wildman–Crippen MR) is 216 cm³/mol. The van der Waals surface area contributed by atoms with E-state index in [1.807, 2.05) is 20.8 Å². The molecule has 52 heavy (non-hydrogen) atoms. The lowest BCUT2D eigenvalue weighted by atomic mass is 9.66. The molecular formula is C43H70O7Si2. The minimum absolute atomic E-state index is 0.0251. The zero-order chi connectivity index (χ0) is 39.0. The summed E-state index contributed by atoms with van der Waals surface area (Å²) < 4.78 is 32.6. The molecular weight excluding hydrogens is 685 g/mol. The molecule has 3 unspecified atom stereocenters. The van der Waals surface area contributed by atoms with E-state index in [0.29, 0.717) is 25.9 Å². The average molecular weight is 755 g/mol. The number of esters is 2. The molecule has 4 rings (SSSR count). The van der Waals surface area contributed by atoms with Gasteiger partial charge in [0.2, 0.25) is 0 Å². The van der Waals surface area contributed by atoms with E-state index >= 15 is 0 Å². The summed E-state index contributed by atoms with van der Waals surface area (Å²) in [6, 6.07) is 4.18. The highest BCUT2D eigenvalue weighted by Crippen LogP contribution is 2.47. The van der Waals surface area contributed by atoms with Crippen LogP contribution in [0.25, 0.3) is 0 Å². The largest absolute Gasteiger partial charge is 0.478 e. The number of aryl methyl sites for hydroxylation is 3. The number of rotatable bonds is 12. The van der Waals surface area contributed by atoms with Crippen molar-refractivity contribution in [3.05, 3.63) is 52.6 Å². The topological polar surface area (TPSA) is 80.3 Å². The monoisotopic (exact) mass is 754 g/mol. The Bertz CT molecular complexity index is 1470. The maximum Gasteiger partial charge on any atom is 0.347 e. The minimum atomic E-state index is -2.13. The van der Waals surface area contributed by atoms with Gasteiger partial charge in [0.15, 0.2) is 22.7 Å². The van der Waals surface area contributed by atoms with E-state index < -0.39 is 28.8 Å². The minimum Gasteiger partial charge on any atom is -0.478 e. The fraction of sp³-hybridized carbons (Fsp3) is 0.721. The number of fused-ring (bicyclic) bond motifs is 1. The molecule has 0 bridgehead atoms. The number of ether oxygens (including phenoxy) is 3. The van der Waals surface area contributed by atoms with Crippen LogP contribution in [0.3, 0.4) is 0 Å². The van der Waals surface area contributed by atoms with Crippen LogP contribution in [0.15, 0.2) is 35.9 Å². The highest BCUT2D eigenvalue weighted by molar-refractivity contribution is 6.74. The van der Waals surface area contributed by atoms with Gasteiger partial charge in [-0.05, 0) is 105 Å². The molecule has 9 heteroatoms. The van der Waals surface area contributed by atoms with Gasteiger partial charge >= 0.3 is 11.9 Å². The Labute approximate surface area is 317 Å². The molecule has 0 amide bonds. The molecule has 1 fully saturated rings. The number of allylic oxidation sites excluding steroid dienone is 2. The van der Waals surface area contributed by atoms with E-state index in [9.17, 15) is 9.59 Å². The first-order chi connectivity index (χ1) is 24.0. The van der Waals surface area contributed by atoms with E-state index in [1.54, 1.807) is 0 Å². The van der Waals surface area contributed by atoms with Crippen LogP contribution in [0.2, 0.25) is 36.3 Å². The van der Waals surface area contributed by atoms with Crippen LogP contribution >= 0.6 is 0 Å². The lowest BCUT2D eigenvalue weighted by molar-refractivity contribution is -0.163. The molecule has 1 heterocycles. The van der Waals surface area contributed by atoms with Crippen molar-refractivity contribution in [2.45, 2.75) is 169 Å². The van der Waals surface area contributed by atoms with Crippen LogP contribution in [-0.4, -0.2) is 59.6 Å². The molecule has 3 aliphatic rings. The van der Waals surface area contributed by atoms with Gasteiger partial charge in [-0.1, -0.05) is 91.3 Å². The van der Waals surface area contributed by atoms with Gasteiger partial charge in [0.05, 0.1) is 24.7 Å². The van der Waals surface area contributed by atoms with Crippen molar-refractivity contribution in [2.24, 2.45) is 23.7 Å². The molecule has 1 aliphatic heterocycles. The average Bonchev–Trinajstić information content (AvgIpc) is 2.99.